The van der Waals surface area contributed by atoms with Gasteiger partial charge in [-0.15, -0.1) is 0 Å². The van der Waals surface area contributed by atoms with E-state index in [9.17, 15) is 14.7 Å². The normalized spacial score (nSPS) is 18.9. The molecule has 0 spiro atoms. The van der Waals surface area contributed by atoms with Gasteiger partial charge in [0.05, 0.1) is 5.52 Å². The lowest BCUT2D eigenvalue weighted by atomic mass is 10.0. The maximum atomic E-state index is 12.6. The van der Waals surface area contributed by atoms with Crippen molar-refractivity contribution in [3.63, 3.8) is 0 Å². The minimum absolute atomic E-state index is 0.300. The number of carbonyl (C=O) groups excluding carboxylic acids is 1. The van der Waals surface area contributed by atoms with Crippen molar-refractivity contribution >= 4 is 17.4 Å². The highest BCUT2D eigenvalue weighted by molar-refractivity contribution is 5.96. The number of amides is 1. The van der Waals surface area contributed by atoms with Crippen LogP contribution < -0.4 is 0 Å². The van der Waals surface area contributed by atoms with Crippen molar-refractivity contribution in [1.29, 1.82) is 0 Å². The van der Waals surface area contributed by atoms with E-state index in [0.29, 0.717) is 18.7 Å². The van der Waals surface area contributed by atoms with Crippen molar-refractivity contribution in [2.75, 3.05) is 6.54 Å². The third-order valence-corrected chi connectivity index (χ3v) is 3.89. The Morgan fingerprint density at radius 3 is 2.90 bits per heavy atom. The van der Waals surface area contributed by atoms with Gasteiger partial charge in [0.25, 0.3) is 5.91 Å². The summed E-state index contributed by atoms with van der Waals surface area (Å²) in [6, 6.07) is 4.82. The van der Waals surface area contributed by atoms with Gasteiger partial charge in [-0.3, -0.25) is 4.79 Å². The number of nitrogens with zero attached hydrogens (tertiary/aromatic N) is 3. The first-order chi connectivity index (χ1) is 10.1. The van der Waals surface area contributed by atoms with Crippen molar-refractivity contribution in [2.24, 2.45) is 0 Å². The van der Waals surface area contributed by atoms with E-state index in [0.717, 1.165) is 23.9 Å². The SMILES string of the molecule is Cc1ccn2nc(C(=O)N3CCCCC3C(=O)O)cc2c1. The lowest BCUT2D eigenvalue weighted by Crippen LogP contribution is -2.48. The first-order valence-corrected chi connectivity index (χ1v) is 7.06. The third kappa shape index (κ3) is 2.49. The fourth-order valence-electron chi connectivity index (χ4n) is 2.79. The average Bonchev–Trinajstić information content (AvgIpc) is 2.89. The second-order valence-electron chi connectivity index (χ2n) is 5.45. The number of aryl methyl sites for hydroxylation is 1. The predicted molar refractivity (Wildman–Crippen MR) is 76.2 cm³/mol. The van der Waals surface area contributed by atoms with Crippen LogP contribution in [0.5, 0.6) is 0 Å². The summed E-state index contributed by atoms with van der Waals surface area (Å²) in [5.41, 5.74) is 2.22. The van der Waals surface area contributed by atoms with Crippen LogP contribution >= 0.6 is 0 Å². The Morgan fingerprint density at radius 2 is 2.14 bits per heavy atom. The summed E-state index contributed by atoms with van der Waals surface area (Å²) in [5.74, 6) is -1.24. The maximum Gasteiger partial charge on any atom is 0.326 e. The predicted octanol–water partition coefficient (Wildman–Crippen LogP) is 1.72. The number of hydrogen-bond acceptors (Lipinski definition) is 3. The summed E-state index contributed by atoms with van der Waals surface area (Å²) in [5, 5.41) is 13.5. The van der Waals surface area contributed by atoms with Crippen LogP contribution in [0, 0.1) is 6.92 Å². The second kappa shape index (κ2) is 5.20. The molecule has 1 aliphatic rings. The molecule has 0 aromatic carbocycles. The number of aromatic nitrogens is 2. The number of aliphatic carboxylic acids is 1. The van der Waals surface area contributed by atoms with Gasteiger partial charge in [-0.1, -0.05) is 0 Å². The molecule has 1 fully saturated rings. The molecule has 1 N–H and O–H groups in total. The van der Waals surface area contributed by atoms with E-state index >= 15 is 0 Å². The standard InChI is InChI=1S/C15H17N3O3/c1-10-5-7-18-11(8-10)9-12(16-18)14(19)17-6-3-2-4-13(17)15(20)21/h5,7-9,13H,2-4,6H2,1H3,(H,20,21). The van der Waals surface area contributed by atoms with E-state index in [1.165, 1.54) is 4.90 Å². The number of carbonyl (C=O) groups is 2. The zero-order valence-electron chi connectivity index (χ0n) is 11.8. The number of piperidine rings is 1. The van der Waals surface area contributed by atoms with Crippen LogP contribution in [-0.4, -0.2) is 44.1 Å². The van der Waals surface area contributed by atoms with Crippen molar-refractivity contribution in [1.82, 2.24) is 14.5 Å². The molecule has 21 heavy (non-hydrogen) atoms. The van der Waals surface area contributed by atoms with Crippen LogP contribution in [0.4, 0.5) is 0 Å². The number of rotatable bonds is 2. The molecule has 1 unspecified atom stereocenters. The van der Waals surface area contributed by atoms with Crippen molar-refractivity contribution in [2.45, 2.75) is 32.2 Å². The van der Waals surface area contributed by atoms with Gasteiger partial charge < -0.3 is 10.0 Å². The topological polar surface area (TPSA) is 74.9 Å². The van der Waals surface area contributed by atoms with Crippen molar-refractivity contribution in [3.05, 3.63) is 35.7 Å². The van der Waals surface area contributed by atoms with Gasteiger partial charge in [0.15, 0.2) is 5.69 Å². The molecular weight excluding hydrogens is 270 g/mol. The molecule has 0 saturated carbocycles. The third-order valence-electron chi connectivity index (χ3n) is 3.89. The molecule has 0 aliphatic carbocycles. The molecule has 2 aromatic rings. The number of fused-ring (bicyclic) bond motifs is 1. The molecular formula is C15H17N3O3. The second-order valence-corrected chi connectivity index (χ2v) is 5.45. The quantitative estimate of drug-likeness (QED) is 0.912. The molecule has 1 amide bonds. The molecule has 3 heterocycles. The van der Waals surface area contributed by atoms with E-state index in [1.54, 1.807) is 16.8 Å². The van der Waals surface area contributed by atoms with Gasteiger partial charge in [-0.25, -0.2) is 9.31 Å². The molecule has 1 saturated heterocycles. The van der Waals surface area contributed by atoms with Crippen LogP contribution in [0.3, 0.4) is 0 Å². The highest BCUT2D eigenvalue weighted by Gasteiger charge is 2.33. The Bertz CT molecular complexity index is 707. The molecule has 6 heteroatoms. The molecule has 110 valence electrons. The molecule has 1 aliphatic heterocycles. The van der Waals surface area contributed by atoms with E-state index in [4.69, 9.17) is 0 Å². The minimum Gasteiger partial charge on any atom is -0.480 e. The molecule has 0 bridgehead atoms. The monoisotopic (exact) mass is 287 g/mol. The fourth-order valence-corrected chi connectivity index (χ4v) is 2.79. The highest BCUT2D eigenvalue weighted by atomic mass is 16.4. The first-order valence-electron chi connectivity index (χ1n) is 7.06. The van der Waals surface area contributed by atoms with Gasteiger partial charge in [0.2, 0.25) is 0 Å². The molecule has 0 radical (unpaired) electrons. The van der Waals surface area contributed by atoms with Gasteiger partial charge in [-0.2, -0.15) is 5.10 Å². The Morgan fingerprint density at radius 1 is 1.33 bits per heavy atom. The van der Waals surface area contributed by atoms with Crippen LogP contribution in [0.1, 0.15) is 35.3 Å². The molecule has 2 aromatic heterocycles. The lowest BCUT2D eigenvalue weighted by Gasteiger charge is -2.32. The Kier molecular flexibility index (Phi) is 3.37. The lowest BCUT2D eigenvalue weighted by molar-refractivity contribution is -0.143. The molecule has 6 nitrogen and oxygen atoms in total. The van der Waals surface area contributed by atoms with Crippen molar-refractivity contribution in [3.8, 4) is 0 Å². The van der Waals surface area contributed by atoms with E-state index in [-0.39, 0.29) is 5.91 Å². The number of carboxylic acid groups (broad SMARTS) is 1. The van der Waals surface area contributed by atoms with Gasteiger partial charge >= 0.3 is 5.97 Å². The minimum atomic E-state index is -0.942. The van der Waals surface area contributed by atoms with Crippen LogP contribution in [0.15, 0.2) is 24.4 Å². The van der Waals surface area contributed by atoms with Gasteiger partial charge in [0, 0.05) is 12.7 Å². The summed E-state index contributed by atoms with van der Waals surface area (Å²) in [6.07, 6.45) is 3.98. The van der Waals surface area contributed by atoms with Crippen LogP contribution in [-0.2, 0) is 4.79 Å². The number of likely N-dealkylation sites (tertiary alicyclic amines) is 1. The van der Waals surface area contributed by atoms with E-state index in [1.807, 2.05) is 19.1 Å². The fraction of sp³-hybridized carbons (Fsp3) is 0.400. The number of carboxylic acids is 1. The Labute approximate surface area is 122 Å². The molecule has 3 rings (SSSR count). The van der Waals surface area contributed by atoms with Gasteiger partial charge in [-0.05, 0) is 49.9 Å². The highest BCUT2D eigenvalue weighted by Crippen LogP contribution is 2.20. The van der Waals surface area contributed by atoms with Crippen molar-refractivity contribution < 1.29 is 14.7 Å². The Hall–Kier alpha value is -2.37. The first kappa shape index (κ1) is 13.6. The average molecular weight is 287 g/mol. The summed E-state index contributed by atoms with van der Waals surface area (Å²) >= 11 is 0. The smallest absolute Gasteiger partial charge is 0.326 e. The van der Waals surface area contributed by atoms with E-state index in [2.05, 4.69) is 5.10 Å². The van der Waals surface area contributed by atoms with Crippen LogP contribution in [0.25, 0.3) is 5.52 Å². The number of pyridine rings is 1. The van der Waals surface area contributed by atoms with Gasteiger partial charge in [0.1, 0.15) is 6.04 Å². The zero-order chi connectivity index (χ0) is 15.0. The summed E-state index contributed by atoms with van der Waals surface area (Å²) < 4.78 is 1.64. The van der Waals surface area contributed by atoms with Crippen LogP contribution in [0.2, 0.25) is 0 Å². The largest absolute Gasteiger partial charge is 0.480 e. The summed E-state index contributed by atoms with van der Waals surface area (Å²) in [4.78, 5) is 25.3. The zero-order valence-corrected chi connectivity index (χ0v) is 11.8. The Balaban J connectivity index is 1.93. The summed E-state index contributed by atoms with van der Waals surface area (Å²) in [7, 11) is 0. The number of hydrogen-bond donors (Lipinski definition) is 1. The summed E-state index contributed by atoms with van der Waals surface area (Å²) in [6.45, 7) is 2.45. The molecule has 1 atom stereocenters. The maximum absolute atomic E-state index is 12.6. The van der Waals surface area contributed by atoms with E-state index < -0.39 is 12.0 Å².